The number of ether oxygens (including phenoxy) is 1. The first kappa shape index (κ1) is 19.0. The number of nitrogens with one attached hydrogen (secondary N) is 1. The first-order chi connectivity index (χ1) is 12.1. The van der Waals surface area contributed by atoms with Crippen LogP contribution in [-0.4, -0.2) is 29.2 Å². The molecule has 2 rings (SSSR count). The van der Waals surface area contributed by atoms with Gasteiger partial charge in [-0.15, -0.1) is 0 Å². The van der Waals surface area contributed by atoms with Crippen LogP contribution < -0.4 is 10.1 Å². The molecule has 0 saturated carbocycles. The number of hydrogen-bond acceptors (Lipinski definition) is 5. The average molecular weight is 345 g/mol. The summed E-state index contributed by atoms with van der Waals surface area (Å²) in [7, 11) is 1.66. The summed E-state index contributed by atoms with van der Waals surface area (Å²) in [6.07, 6.45) is 4.42. The highest BCUT2D eigenvalue weighted by molar-refractivity contribution is 5.76. The molecule has 0 bridgehead atoms. The van der Waals surface area contributed by atoms with Gasteiger partial charge in [0.05, 0.1) is 7.11 Å². The third-order valence-corrected chi connectivity index (χ3v) is 3.98. The Balaban J connectivity index is 1.68. The molecule has 0 radical (unpaired) electrons. The predicted octanol–water partition coefficient (Wildman–Crippen LogP) is 3.10. The second-order valence-electron chi connectivity index (χ2n) is 6.21. The van der Waals surface area contributed by atoms with Crippen LogP contribution in [0.2, 0.25) is 0 Å². The van der Waals surface area contributed by atoms with Gasteiger partial charge in [-0.25, -0.2) is 0 Å². The molecule has 6 nitrogen and oxygen atoms in total. The van der Waals surface area contributed by atoms with Crippen LogP contribution in [-0.2, 0) is 24.1 Å². The van der Waals surface area contributed by atoms with E-state index in [-0.39, 0.29) is 11.9 Å². The van der Waals surface area contributed by atoms with Gasteiger partial charge < -0.3 is 14.6 Å². The maximum atomic E-state index is 12.0. The van der Waals surface area contributed by atoms with Gasteiger partial charge in [0.25, 0.3) is 0 Å². The molecule has 0 fully saturated rings. The van der Waals surface area contributed by atoms with Crippen LogP contribution in [0.1, 0.15) is 50.4 Å². The van der Waals surface area contributed by atoms with Crippen LogP contribution in [0.25, 0.3) is 0 Å². The number of aromatic nitrogens is 2. The van der Waals surface area contributed by atoms with Crippen molar-refractivity contribution >= 4 is 5.91 Å². The van der Waals surface area contributed by atoms with E-state index in [9.17, 15) is 4.79 Å². The minimum absolute atomic E-state index is 0.0115. The molecule has 136 valence electrons. The summed E-state index contributed by atoms with van der Waals surface area (Å²) >= 11 is 0. The van der Waals surface area contributed by atoms with Gasteiger partial charge in [0, 0.05) is 25.3 Å². The maximum Gasteiger partial charge on any atom is 0.227 e. The SMILES string of the molecule is CCCc1noc(CCC(=O)N[C@H](C)CCc2ccc(OC)cc2)n1. The Morgan fingerprint density at radius 2 is 2.00 bits per heavy atom. The fourth-order valence-electron chi connectivity index (χ4n) is 2.53. The second kappa shape index (κ2) is 9.81. The predicted molar refractivity (Wildman–Crippen MR) is 95.5 cm³/mol. The standard InChI is InChI=1S/C19H27N3O3/c1-4-5-17-21-19(25-22-17)13-12-18(23)20-14(2)6-7-15-8-10-16(24-3)11-9-15/h8-11,14H,4-7,12-13H2,1-3H3,(H,20,23)/t14-/m1/s1. The number of hydrogen-bond donors (Lipinski definition) is 1. The van der Waals surface area contributed by atoms with E-state index in [1.54, 1.807) is 7.11 Å². The highest BCUT2D eigenvalue weighted by atomic mass is 16.5. The van der Waals surface area contributed by atoms with Crippen LogP contribution in [0.15, 0.2) is 28.8 Å². The van der Waals surface area contributed by atoms with Crippen molar-refractivity contribution in [1.29, 1.82) is 0 Å². The largest absolute Gasteiger partial charge is 0.497 e. The Kier molecular flexibility index (Phi) is 7.44. The highest BCUT2D eigenvalue weighted by Gasteiger charge is 2.11. The molecule has 1 N–H and O–H groups in total. The molecule has 1 amide bonds. The number of nitrogens with zero attached hydrogens (tertiary/aromatic N) is 2. The molecule has 25 heavy (non-hydrogen) atoms. The number of rotatable bonds is 10. The Labute approximate surface area is 149 Å². The van der Waals surface area contributed by atoms with E-state index in [0.29, 0.717) is 24.6 Å². The lowest BCUT2D eigenvalue weighted by molar-refractivity contribution is -0.121. The van der Waals surface area contributed by atoms with Crippen molar-refractivity contribution in [2.75, 3.05) is 7.11 Å². The minimum Gasteiger partial charge on any atom is -0.497 e. The van der Waals surface area contributed by atoms with Gasteiger partial charge in [0.1, 0.15) is 5.75 Å². The molecule has 1 aromatic carbocycles. The number of aryl methyl sites for hydroxylation is 3. The molecule has 0 aliphatic carbocycles. The van der Waals surface area contributed by atoms with Crippen LogP contribution >= 0.6 is 0 Å². The van der Waals surface area contributed by atoms with E-state index in [4.69, 9.17) is 9.26 Å². The van der Waals surface area contributed by atoms with Crippen molar-refractivity contribution in [1.82, 2.24) is 15.5 Å². The van der Waals surface area contributed by atoms with Crippen molar-refractivity contribution in [3.63, 3.8) is 0 Å². The van der Waals surface area contributed by atoms with E-state index < -0.39 is 0 Å². The number of amides is 1. The monoisotopic (exact) mass is 345 g/mol. The van der Waals surface area contributed by atoms with E-state index >= 15 is 0 Å². The van der Waals surface area contributed by atoms with Crippen LogP contribution in [0.4, 0.5) is 0 Å². The van der Waals surface area contributed by atoms with Crippen LogP contribution in [0.3, 0.4) is 0 Å². The normalized spacial score (nSPS) is 12.0. The first-order valence-electron chi connectivity index (χ1n) is 8.84. The zero-order chi connectivity index (χ0) is 18.1. The number of benzene rings is 1. The van der Waals surface area contributed by atoms with Crippen molar-refractivity contribution in [2.45, 2.75) is 58.4 Å². The Bertz CT molecular complexity index is 652. The lowest BCUT2D eigenvalue weighted by Gasteiger charge is -2.13. The fourth-order valence-corrected chi connectivity index (χ4v) is 2.53. The summed E-state index contributed by atoms with van der Waals surface area (Å²) in [5, 5.41) is 6.91. The fraction of sp³-hybridized carbons (Fsp3) is 0.526. The molecule has 1 heterocycles. The molecule has 0 unspecified atom stereocenters. The number of methoxy groups -OCH3 is 1. The van der Waals surface area contributed by atoms with Gasteiger partial charge in [-0.05, 0) is 43.9 Å². The van der Waals surface area contributed by atoms with E-state index in [2.05, 4.69) is 34.5 Å². The van der Waals surface area contributed by atoms with Gasteiger partial charge in [-0.3, -0.25) is 4.79 Å². The summed E-state index contributed by atoms with van der Waals surface area (Å²) in [5.41, 5.74) is 1.23. The summed E-state index contributed by atoms with van der Waals surface area (Å²) in [6.45, 7) is 4.09. The zero-order valence-electron chi connectivity index (χ0n) is 15.2. The van der Waals surface area contributed by atoms with Crippen molar-refractivity contribution < 1.29 is 14.1 Å². The van der Waals surface area contributed by atoms with Gasteiger partial charge >= 0.3 is 0 Å². The summed E-state index contributed by atoms with van der Waals surface area (Å²) in [5.74, 6) is 2.11. The first-order valence-corrected chi connectivity index (χ1v) is 8.84. The van der Waals surface area contributed by atoms with Crippen molar-refractivity contribution in [3.8, 4) is 5.75 Å². The van der Waals surface area contributed by atoms with Crippen molar-refractivity contribution in [3.05, 3.63) is 41.5 Å². The number of carbonyl (C=O) groups is 1. The second-order valence-corrected chi connectivity index (χ2v) is 6.21. The van der Waals surface area contributed by atoms with Crippen molar-refractivity contribution in [2.24, 2.45) is 0 Å². The molecular formula is C19H27N3O3. The molecule has 0 saturated heterocycles. The minimum atomic E-state index is 0.0115. The molecule has 0 aliphatic heterocycles. The van der Waals surface area contributed by atoms with Gasteiger partial charge in [0.15, 0.2) is 5.82 Å². The summed E-state index contributed by atoms with van der Waals surface area (Å²) < 4.78 is 10.3. The zero-order valence-corrected chi connectivity index (χ0v) is 15.2. The highest BCUT2D eigenvalue weighted by Crippen LogP contribution is 2.13. The van der Waals surface area contributed by atoms with Gasteiger partial charge in [-0.2, -0.15) is 4.98 Å². The number of carbonyl (C=O) groups excluding carboxylic acids is 1. The van der Waals surface area contributed by atoms with E-state index in [1.165, 1.54) is 5.56 Å². The molecule has 2 aromatic rings. The van der Waals surface area contributed by atoms with Gasteiger partial charge in [-0.1, -0.05) is 24.2 Å². The smallest absolute Gasteiger partial charge is 0.227 e. The molecule has 6 heteroatoms. The van der Waals surface area contributed by atoms with E-state index in [0.717, 1.165) is 31.4 Å². The third-order valence-electron chi connectivity index (χ3n) is 3.98. The lowest BCUT2D eigenvalue weighted by atomic mass is 10.1. The average Bonchev–Trinajstić information content (AvgIpc) is 3.06. The summed E-state index contributed by atoms with van der Waals surface area (Å²) in [6, 6.07) is 8.13. The van der Waals surface area contributed by atoms with Crippen LogP contribution in [0, 0.1) is 0 Å². The third kappa shape index (κ3) is 6.57. The Hall–Kier alpha value is -2.37. The van der Waals surface area contributed by atoms with Crippen LogP contribution in [0.5, 0.6) is 5.75 Å². The van der Waals surface area contributed by atoms with Gasteiger partial charge in [0.2, 0.25) is 11.8 Å². The lowest BCUT2D eigenvalue weighted by Crippen LogP contribution is -2.33. The Morgan fingerprint density at radius 3 is 2.68 bits per heavy atom. The topological polar surface area (TPSA) is 77.2 Å². The molecular weight excluding hydrogens is 318 g/mol. The quantitative estimate of drug-likeness (QED) is 0.716. The molecule has 1 atom stereocenters. The Morgan fingerprint density at radius 1 is 1.24 bits per heavy atom. The molecule has 0 spiro atoms. The molecule has 0 aliphatic rings. The molecule has 1 aromatic heterocycles. The summed E-state index contributed by atoms with van der Waals surface area (Å²) in [4.78, 5) is 16.3. The maximum absolute atomic E-state index is 12.0. The van der Waals surface area contributed by atoms with E-state index in [1.807, 2.05) is 19.1 Å².